The summed E-state index contributed by atoms with van der Waals surface area (Å²) in [5.74, 6) is 0.222. The number of carbonyl (C=O) groups excluding carboxylic acids is 2. The standard InChI is InChI=1S/C27H45N3O5Si/c1-5-7-9-11-17-34-24-20-22(21-25(27(24)30-28)35-18-12-10-8-6-2)23(31)14-15-26(32)29-16-13-19-36(3,4)33/h20-21,33H,5-19H2,1-4H3/p+1. The van der Waals surface area contributed by atoms with Gasteiger partial charge in [-0.2, -0.15) is 0 Å². The van der Waals surface area contributed by atoms with Crippen LogP contribution in [0.2, 0.25) is 19.1 Å². The molecule has 0 fully saturated rings. The fraction of sp³-hybridized carbons (Fsp3) is 0.704. The Balaban J connectivity index is 2.83. The average Bonchev–Trinajstić information content (AvgIpc) is 2.84. The molecule has 0 radical (unpaired) electrons. The lowest BCUT2D eigenvalue weighted by molar-refractivity contribution is -0.121. The average molecular weight is 521 g/mol. The lowest BCUT2D eigenvalue weighted by Crippen LogP contribution is -2.29. The Morgan fingerprint density at radius 2 is 1.47 bits per heavy atom. The first-order chi connectivity index (χ1) is 17.2. The SMILES string of the molecule is CCCCCCOc1cc(C(=O)CCC(=O)NCCC[Si](C)(C)O)cc(OCCCCCC)c1[N+]#N. The third-order valence-electron chi connectivity index (χ3n) is 5.84. The summed E-state index contributed by atoms with van der Waals surface area (Å²) < 4.78 is 11.8. The first-order valence-corrected chi connectivity index (χ1v) is 16.7. The topological polar surface area (TPSA) is 113 Å². The summed E-state index contributed by atoms with van der Waals surface area (Å²) in [6.07, 6.45) is 9.11. The number of nitrogens with zero attached hydrogens (tertiary/aromatic N) is 2. The van der Waals surface area contributed by atoms with Crippen LogP contribution >= 0.6 is 0 Å². The van der Waals surface area contributed by atoms with E-state index in [1.54, 1.807) is 12.1 Å². The van der Waals surface area contributed by atoms with Gasteiger partial charge in [0, 0.05) is 24.9 Å². The van der Waals surface area contributed by atoms with Crippen molar-refractivity contribution in [1.29, 1.82) is 5.39 Å². The Hall–Kier alpha value is -2.44. The Morgan fingerprint density at radius 1 is 0.917 bits per heavy atom. The fourth-order valence-corrected chi connectivity index (χ4v) is 4.73. The third kappa shape index (κ3) is 13.6. The number of hydrogen-bond acceptors (Lipinski definition) is 6. The molecule has 0 atom stereocenters. The largest absolute Gasteiger partial charge is 0.486 e. The summed E-state index contributed by atoms with van der Waals surface area (Å²) in [4.78, 5) is 38.4. The minimum atomic E-state index is -2.12. The van der Waals surface area contributed by atoms with Crippen LogP contribution in [0.1, 0.15) is 94.8 Å². The number of benzene rings is 1. The zero-order chi connectivity index (χ0) is 26.8. The van der Waals surface area contributed by atoms with Crippen LogP contribution in [0.3, 0.4) is 0 Å². The van der Waals surface area contributed by atoms with Gasteiger partial charge in [0.15, 0.2) is 19.1 Å². The number of rotatable bonds is 20. The molecule has 0 aliphatic heterocycles. The molecule has 0 unspecified atom stereocenters. The molecule has 1 rings (SSSR count). The van der Waals surface area contributed by atoms with Crippen molar-refractivity contribution in [1.82, 2.24) is 5.32 Å². The second kappa shape index (κ2) is 17.9. The van der Waals surface area contributed by atoms with E-state index in [1.165, 1.54) is 0 Å². The minimum absolute atomic E-state index is 0.0492. The Bertz CT molecular complexity index is 814. The molecular formula is C27H46N3O5Si+. The molecule has 0 saturated heterocycles. The molecule has 0 heterocycles. The molecule has 1 aromatic carbocycles. The van der Waals surface area contributed by atoms with Gasteiger partial charge in [0.25, 0.3) is 0 Å². The Labute approximate surface area is 217 Å². The van der Waals surface area contributed by atoms with Gasteiger partial charge in [-0.05, 0) is 50.5 Å². The molecule has 0 aliphatic rings. The third-order valence-corrected chi connectivity index (χ3v) is 7.42. The van der Waals surface area contributed by atoms with Crippen LogP contribution in [-0.2, 0) is 4.79 Å². The van der Waals surface area contributed by atoms with Crippen molar-refractivity contribution < 1.29 is 23.9 Å². The monoisotopic (exact) mass is 520 g/mol. The number of nitrogens with one attached hydrogen (secondary N) is 1. The summed E-state index contributed by atoms with van der Waals surface area (Å²) in [7, 11) is -2.12. The fourth-order valence-electron chi connectivity index (χ4n) is 3.69. The van der Waals surface area contributed by atoms with Crippen molar-refractivity contribution in [3.8, 4) is 11.5 Å². The Morgan fingerprint density at radius 3 is 1.94 bits per heavy atom. The number of amides is 1. The van der Waals surface area contributed by atoms with Gasteiger partial charge in [0.1, 0.15) is 0 Å². The van der Waals surface area contributed by atoms with Gasteiger partial charge in [0.05, 0.1) is 13.2 Å². The molecule has 9 heteroatoms. The van der Waals surface area contributed by atoms with Gasteiger partial charge in [-0.3, -0.25) is 9.59 Å². The van der Waals surface area contributed by atoms with Crippen LogP contribution in [0.4, 0.5) is 5.69 Å². The van der Waals surface area contributed by atoms with Crippen molar-refractivity contribution in [3.05, 3.63) is 22.7 Å². The van der Waals surface area contributed by atoms with E-state index in [2.05, 4.69) is 24.1 Å². The predicted molar refractivity (Wildman–Crippen MR) is 146 cm³/mol. The zero-order valence-electron chi connectivity index (χ0n) is 22.7. The maximum absolute atomic E-state index is 12.9. The number of carbonyl (C=O) groups is 2. The lowest BCUT2D eigenvalue weighted by Gasteiger charge is -2.13. The van der Waals surface area contributed by atoms with Crippen LogP contribution in [0.5, 0.6) is 11.5 Å². The molecule has 1 aromatic rings. The normalized spacial score (nSPS) is 11.1. The molecule has 0 spiro atoms. The van der Waals surface area contributed by atoms with E-state index in [4.69, 9.17) is 9.47 Å². The summed E-state index contributed by atoms with van der Waals surface area (Å²) in [6.45, 7) is 9.41. The van der Waals surface area contributed by atoms with E-state index in [0.29, 0.717) is 36.8 Å². The highest BCUT2D eigenvalue weighted by Crippen LogP contribution is 2.39. The van der Waals surface area contributed by atoms with E-state index in [9.17, 15) is 19.8 Å². The van der Waals surface area contributed by atoms with Crippen molar-refractivity contribution in [2.45, 2.75) is 104 Å². The summed E-state index contributed by atoms with van der Waals surface area (Å²) in [6, 6.07) is 3.87. The van der Waals surface area contributed by atoms with Gasteiger partial charge in [-0.15, -0.1) is 0 Å². The van der Waals surface area contributed by atoms with Crippen LogP contribution in [0.15, 0.2) is 12.1 Å². The molecule has 2 N–H and O–H groups in total. The maximum Gasteiger partial charge on any atom is 0.467 e. The summed E-state index contributed by atoms with van der Waals surface area (Å²) >= 11 is 0. The first kappa shape index (κ1) is 31.6. The zero-order valence-corrected chi connectivity index (χ0v) is 23.7. The van der Waals surface area contributed by atoms with Crippen molar-refractivity contribution in [2.24, 2.45) is 0 Å². The maximum atomic E-state index is 12.9. The van der Waals surface area contributed by atoms with Gasteiger partial charge in [-0.1, -0.05) is 52.4 Å². The highest BCUT2D eigenvalue weighted by molar-refractivity contribution is 6.69. The van der Waals surface area contributed by atoms with Crippen LogP contribution in [-0.4, -0.2) is 44.6 Å². The summed E-state index contributed by atoms with van der Waals surface area (Å²) in [5, 5.41) is 12.5. The van der Waals surface area contributed by atoms with Gasteiger partial charge < -0.3 is 19.6 Å². The van der Waals surface area contributed by atoms with E-state index in [1.807, 2.05) is 13.1 Å². The lowest BCUT2D eigenvalue weighted by atomic mass is 10.0. The molecule has 0 bridgehead atoms. The highest BCUT2D eigenvalue weighted by atomic mass is 28.4. The number of Topliss-reactive ketones (excluding diaryl/α,β-unsaturated/α-hetero) is 1. The first-order valence-electron chi connectivity index (χ1n) is 13.5. The smallest absolute Gasteiger partial charge is 0.467 e. The molecule has 202 valence electrons. The second-order valence-corrected chi connectivity index (χ2v) is 14.1. The van der Waals surface area contributed by atoms with E-state index in [0.717, 1.165) is 63.8 Å². The Kier molecular flexibility index (Phi) is 15.7. The quantitative estimate of drug-likeness (QED) is 0.0850. The van der Waals surface area contributed by atoms with E-state index < -0.39 is 8.32 Å². The second-order valence-electron chi connectivity index (χ2n) is 9.93. The van der Waals surface area contributed by atoms with Crippen LogP contribution < -0.4 is 14.8 Å². The van der Waals surface area contributed by atoms with Crippen molar-refractivity contribution in [2.75, 3.05) is 19.8 Å². The van der Waals surface area contributed by atoms with Crippen molar-refractivity contribution >= 4 is 25.7 Å². The number of ether oxygens (including phenoxy) is 2. The van der Waals surface area contributed by atoms with Gasteiger partial charge in [-0.25, -0.2) is 0 Å². The molecule has 0 aliphatic carbocycles. The van der Waals surface area contributed by atoms with E-state index in [-0.39, 0.29) is 30.2 Å². The number of ketones is 1. The number of unbranched alkanes of at least 4 members (excludes halogenated alkanes) is 6. The minimum Gasteiger partial charge on any atom is -0.486 e. The van der Waals surface area contributed by atoms with Crippen LogP contribution in [0.25, 0.3) is 4.98 Å². The van der Waals surface area contributed by atoms with Gasteiger partial charge in [0.2, 0.25) is 22.8 Å². The number of diazo groups is 1. The molecule has 1 amide bonds. The van der Waals surface area contributed by atoms with Gasteiger partial charge >= 0.3 is 5.69 Å². The summed E-state index contributed by atoms with van der Waals surface area (Å²) in [5.41, 5.74) is 0.556. The molecular weight excluding hydrogens is 474 g/mol. The molecule has 0 saturated carbocycles. The van der Waals surface area contributed by atoms with Crippen LogP contribution in [0, 0.1) is 5.39 Å². The number of hydrogen-bond donors (Lipinski definition) is 2. The highest BCUT2D eigenvalue weighted by Gasteiger charge is 2.27. The molecule has 0 aromatic heterocycles. The predicted octanol–water partition coefficient (Wildman–Crippen LogP) is 6.76. The molecule has 8 nitrogen and oxygen atoms in total. The van der Waals surface area contributed by atoms with E-state index >= 15 is 0 Å². The molecule has 36 heavy (non-hydrogen) atoms. The van der Waals surface area contributed by atoms with Crippen molar-refractivity contribution in [3.63, 3.8) is 0 Å².